The number of rotatable bonds is 6. The number of nitrogens with one attached hydrogen (secondary N) is 2. The molecule has 2 N–H and O–H groups in total. The van der Waals surface area contributed by atoms with Crippen molar-refractivity contribution in [2.45, 2.75) is 19.8 Å². The van der Waals surface area contributed by atoms with Gasteiger partial charge in [0.2, 0.25) is 0 Å². The van der Waals surface area contributed by atoms with Gasteiger partial charge in [-0.15, -0.1) is 0 Å². The standard InChI is InChI=1S/C17H21N3O/c1-3-18-16-15(10-7-11-19-16)17(21)20-12-13(2)14-8-5-4-6-9-14/h4-11,13H,3,12H2,1-2H3,(H,18,19)(H,20,21). The Morgan fingerprint density at radius 3 is 2.67 bits per heavy atom. The van der Waals surface area contributed by atoms with Crippen LogP contribution in [0.1, 0.15) is 35.7 Å². The van der Waals surface area contributed by atoms with Crippen LogP contribution in [0.3, 0.4) is 0 Å². The zero-order chi connectivity index (χ0) is 15.1. The van der Waals surface area contributed by atoms with Crippen LogP contribution in [0.2, 0.25) is 0 Å². The van der Waals surface area contributed by atoms with E-state index in [-0.39, 0.29) is 11.8 Å². The van der Waals surface area contributed by atoms with Crippen molar-refractivity contribution < 1.29 is 4.79 Å². The molecule has 2 rings (SSSR count). The smallest absolute Gasteiger partial charge is 0.255 e. The third kappa shape index (κ3) is 4.05. The Kier molecular flexibility index (Phi) is 5.32. The van der Waals surface area contributed by atoms with Crippen LogP contribution >= 0.6 is 0 Å². The van der Waals surface area contributed by atoms with Gasteiger partial charge in [0.05, 0.1) is 5.56 Å². The second kappa shape index (κ2) is 7.43. The molecular formula is C17H21N3O. The van der Waals surface area contributed by atoms with E-state index in [1.165, 1.54) is 5.56 Å². The fourth-order valence-corrected chi connectivity index (χ4v) is 2.14. The molecule has 1 heterocycles. The van der Waals surface area contributed by atoms with E-state index in [1.807, 2.05) is 25.1 Å². The number of aromatic nitrogens is 1. The summed E-state index contributed by atoms with van der Waals surface area (Å²) in [5, 5.41) is 6.08. The zero-order valence-corrected chi connectivity index (χ0v) is 12.5. The number of amides is 1. The highest BCUT2D eigenvalue weighted by atomic mass is 16.1. The largest absolute Gasteiger partial charge is 0.370 e. The van der Waals surface area contributed by atoms with E-state index < -0.39 is 0 Å². The monoisotopic (exact) mass is 283 g/mol. The molecule has 0 saturated heterocycles. The van der Waals surface area contributed by atoms with E-state index in [2.05, 4.69) is 34.7 Å². The van der Waals surface area contributed by atoms with Crippen LogP contribution in [0.15, 0.2) is 48.7 Å². The lowest BCUT2D eigenvalue weighted by atomic mass is 10.0. The van der Waals surface area contributed by atoms with E-state index in [9.17, 15) is 4.79 Å². The van der Waals surface area contributed by atoms with Crippen LogP contribution in [0.5, 0.6) is 0 Å². The minimum atomic E-state index is -0.0955. The minimum absolute atomic E-state index is 0.0955. The molecule has 0 aliphatic heterocycles. The SMILES string of the molecule is CCNc1ncccc1C(=O)NCC(C)c1ccccc1. The summed E-state index contributed by atoms with van der Waals surface area (Å²) in [6.45, 7) is 5.42. The van der Waals surface area contributed by atoms with Crippen molar-refractivity contribution in [3.63, 3.8) is 0 Å². The predicted molar refractivity (Wildman–Crippen MR) is 85.6 cm³/mol. The number of pyridine rings is 1. The summed E-state index contributed by atoms with van der Waals surface area (Å²) < 4.78 is 0. The van der Waals surface area contributed by atoms with Gasteiger partial charge in [-0.3, -0.25) is 4.79 Å². The fourth-order valence-electron chi connectivity index (χ4n) is 2.14. The highest BCUT2D eigenvalue weighted by molar-refractivity contribution is 5.98. The summed E-state index contributed by atoms with van der Waals surface area (Å²) in [6.07, 6.45) is 1.68. The molecule has 1 aromatic heterocycles. The van der Waals surface area contributed by atoms with E-state index >= 15 is 0 Å². The van der Waals surface area contributed by atoms with Gasteiger partial charge >= 0.3 is 0 Å². The number of benzene rings is 1. The van der Waals surface area contributed by atoms with Crippen molar-refractivity contribution in [3.8, 4) is 0 Å². The van der Waals surface area contributed by atoms with Crippen LogP contribution < -0.4 is 10.6 Å². The van der Waals surface area contributed by atoms with Crippen molar-refractivity contribution in [3.05, 3.63) is 59.8 Å². The first kappa shape index (κ1) is 15.0. The molecule has 1 aromatic carbocycles. The third-order valence-electron chi connectivity index (χ3n) is 3.33. The molecule has 0 spiro atoms. The molecule has 21 heavy (non-hydrogen) atoms. The Balaban J connectivity index is 1.99. The van der Waals surface area contributed by atoms with Crippen molar-refractivity contribution in [1.82, 2.24) is 10.3 Å². The van der Waals surface area contributed by atoms with Crippen molar-refractivity contribution in [2.75, 3.05) is 18.4 Å². The molecule has 0 saturated carbocycles. The summed E-state index contributed by atoms with van der Waals surface area (Å²) in [6, 6.07) is 13.7. The highest BCUT2D eigenvalue weighted by Gasteiger charge is 2.13. The van der Waals surface area contributed by atoms with E-state index in [4.69, 9.17) is 0 Å². The second-order valence-electron chi connectivity index (χ2n) is 4.95. The summed E-state index contributed by atoms with van der Waals surface area (Å²) in [4.78, 5) is 16.5. The Hall–Kier alpha value is -2.36. The Morgan fingerprint density at radius 2 is 1.95 bits per heavy atom. The van der Waals surface area contributed by atoms with Crippen LogP contribution in [0, 0.1) is 0 Å². The van der Waals surface area contributed by atoms with Gasteiger partial charge in [0, 0.05) is 19.3 Å². The first-order valence-corrected chi connectivity index (χ1v) is 7.24. The van der Waals surface area contributed by atoms with Gasteiger partial charge in [-0.25, -0.2) is 4.98 Å². The van der Waals surface area contributed by atoms with Crippen LogP contribution in [0.25, 0.3) is 0 Å². The molecule has 0 aliphatic carbocycles. The maximum atomic E-state index is 12.3. The number of anilines is 1. The molecule has 0 aliphatic rings. The minimum Gasteiger partial charge on any atom is -0.370 e. The molecule has 0 bridgehead atoms. The average molecular weight is 283 g/mol. The molecule has 2 aromatic rings. The number of hydrogen-bond acceptors (Lipinski definition) is 3. The summed E-state index contributed by atoms with van der Waals surface area (Å²) >= 11 is 0. The molecule has 0 fully saturated rings. The van der Waals surface area contributed by atoms with Crippen molar-refractivity contribution >= 4 is 11.7 Å². The number of carbonyl (C=O) groups excluding carboxylic acids is 1. The van der Waals surface area contributed by atoms with E-state index in [0.717, 1.165) is 6.54 Å². The lowest BCUT2D eigenvalue weighted by molar-refractivity contribution is 0.0952. The molecule has 4 nitrogen and oxygen atoms in total. The topological polar surface area (TPSA) is 54.0 Å². The second-order valence-corrected chi connectivity index (χ2v) is 4.95. The van der Waals surface area contributed by atoms with Gasteiger partial charge in [0.25, 0.3) is 5.91 Å². The van der Waals surface area contributed by atoms with Crippen LogP contribution in [-0.2, 0) is 0 Å². The zero-order valence-electron chi connectivity index (χ0n) is 12.5. The summed E-state index contributed by atoms with van der Waals surface area (Å²) in [5.41, 5.74) is 1.80. The number of nitrogens with zero attached hydrogens (tertiary/aromatic N) is 1. The maximum Gasteiger partial charge on any atom is 0.255 e. The molecule has 0 radical (unpaired) electrons. The molecule has 4 heteroatoms. The predicted octanol–water partition coefficient (Wildman–Crippen LogP) is 3.05. The van der Waals surface area contributed by atoms with Gasteiger partial charge < -0.3 is 10.6 Å². The number of carbonyl (C=O) groups is 1. The van der Waals surface area contributed by atoms with Gasteiger partial charge in [0.15, 0.2) is 0 Å². The normalized spacial score (nSPS) is 11.7. The molecule has 1 atom stereocenters. The quantitative estimate of drug-likeness (QED) is 0.856. The van der Waals surface area contributed by atoms with Gasteiger partial charge in [-0.1, -0.05) is 37.3 Å². The molecule has 110 valence electrons. The number of hydrogen-bond donors (Lipinski definition) is 2. The molecule has 1 unspecified atom stereocenters. The van der Waals surface area contributed by atoms with Crippen LogP contribution in [0.4, 0.5) is 5.82 Å². The summed E-state index contributed by atoms with van der Waals surface area (Å²) in [7, 11) is 0. The first-order valence-electron chi connectivity index (χ1n) is 7.24. The highest BCUT2D eigenvalue weighted by Crippen LogP contribution is 2.15. The van der Waals surface area contributed by atoms with Crippen LogP contribution in [-0.4, -0.2) is 24.0 Å². The van der Waals surface area contributed by atoms with E-state index in [0.29, 0.717) is 17.9 Å². The average Bonchev–Trinajstić information content (AvgIpc) is 2.54. The van der Waals surface area contributed by atoms with E-state index in [1.54, 1.807) is 18.3 Å². The van der Waals surface area contributed by atoms with Gasteiger partial charge in [-0.2, -0.15) is 0 Å². The van der Waals surface area contributed by atoms with Gasteiger partial charge in [-0.05, 0) is 30.5 Å². The fraction of sp³-hybridized carbons (Fsp3) is 0.294. The molecular weight excluding hydrogens is 262 g/mol. The lowest BCUT2D eigenvalue weighted by Gasteiger charge is -2.14. The summed E-state index contributed by atoms with van der Waals surface area (Å²) in [5.74, 6) is 0.807. The lowest BCUT2D eigenvalue weighted by Crippen LogP contribution is -2.28. The molecule has 1 amide bonds. The third-order valence-corrected chi connectivity index (χ3v) is 3.33. The van der Waals surface area contributed by atoms with Crippen molar-refractivity contribution in [1.29, 1.82) is 0 Å². The first-order chi connectivity index (χ1) is 10.2. The Labute approximate surface area is 125 Å². The van der Waals surface area contributed by atoms with Crippen molar-refractivity contribution in [2.24, 2.45) is 0 Å². The maximum absolute atomic E-state index is 12.3. The Morgan fingerprint density at radius 1 is 1.19 bits per heavy atom. The van der Waals surface area contributed by atoms with Gasteiger partial charge in [0.1, 0.15) is 5.82 Å². The Bertz CT molecular complexity index is 584.